The Bertz CT molecular complexity index is 1100. The van der Waals surface area contributed by atoms with Crippen molar-refractivity contribution >= 4 is 33.2 Å². The van der Waals surface area contributed by atoms with E-state index in [1.165, 1.54) is 12.4 Å². The van der Waals surface area contributed by atoms with Gasteiger partial charge in [-0.3, -0.25) is 9.78 Å². The monoisotopic (exact) mass is 358 g/mol. The van der Waals surface area contributed by atoms with Crippen LogP contribution in [0.5, 0.6) is 5.75 Å². The quantitative estimate of drug-likeness (QED) is 0.564. The van der Waals surface area contributed by atoms with Crippen molar-refractivity contribution in [2.75, 3.05) is 0 Å². The fourth-order valence-electron chi connectivity index (χ4n) is 2.43. The molecule has 0 bridgehead atoms. The zero-order valence-electron chi connectivity index (χ0n) is 11.8. The lowest BCUT2D eigenvalue weighted by Gasteiger charge is -2.06. The summed E-state index contributed by atoms with van der Waals surface area (Å²) in [4.78, 5) is 19.5. The molecule has 0 aliphatic carbocycles. The summed E-state index contributed by atoms with van der Waals surface area (Å²) in [5.41, 5.74) is 0.960. The predicted octanol–water partition coefficient (Wildman–Crippen LogP) is 2.26. The molecule has 0 spiro atoms. The molecule has 0 amide bonds. The van der Waals surface area contributed by atoms with Gasteiger partial charge in [0.1, 0.15) is 20.6 Å². The Morgan fingerprint density at radius 2 is 2.08 bits per heavy atom. The minimum absolute atomic E-state index is 0.112. The molecule has 2 N–H and O–H groups in total. The summed E-state index contributed by atoms with van der Waals surface area (Å²) >= 11 is 7.41. The molecule has 118 valence electrons. The van der Waals surface area contributed by atoms with Gasteiger partial charge in [0.25, 0.3) is 5.56 Å². The molecule has 4 heterocycles. The van der Waals surface area contributed by atoms with Crippen molar-refractivity contribution in [1.82, 2.24) is 30.6 Å². The lowest BCUT2D eigenvalue weighted by molar-refractivity contribution is 0.483. The molecular weight excluding hydrogens is 352 g/mol. The van der Waals surface area contributed by atoms with E-state index in [1.54, 1.807) is 18.3 Å². The molecule has 4 aromatic heterocycles. The maximum absolute atomic E-state index is 12.4. The van der Waals surface area contributed by atoms with Gasteiger partial charge in [0, 0.05) is 23.5 Å². The van der Waals surface area contributed by atoms with Gasteiger partial charge in [-0.1, -0.05) is 17.7 Å². The van der Waals surface area contributed by atoms with Crippen molar-refractivity contribution in [3.05, 3.63) is 45.4 Å². The molecule has 8 nitrogen and oxygen atoms in total. The van der Waals surface area contributed by atoms with E-state index in [-0.39, 0.29) is 11.3 Å². The van der Waals surface area contributed by atoms with Crippen LogP contribution in [0, 0.1) is 0 Å². The Morgan fingerprint density at radius 3 is 2.79 bits per heavy atom. The molecule has 24 heavy (non-hydrogen) atoms. The van der Waals surface area contributed by atoms with Crippen molar-refractivity contribution in [2.45, 2.75) is 0 Å². The standard InChI is InChI=1S/C14H7ClN6O2S/c15-12-9(7-5-17-20-21-19-7)10-11(22)8(6-2-1-3-16-4-6)13(23)18-14(10)24-12/h1-5H,(H2,18,22,23). The summed E-state index contributed by atoms with van der Waals surface area (Å²) in [6.45, 7) is 0. The van der Waals surface area contributed by atoms with Crippen molar-refractivity contribution in [1.29, 1.82) is 0 Å². The maximum Gasteiger partial charge on any atom is 0.260 e. The summed E-state index contributed by atoms with van der Waals surface area (Å²) in [7, 11) is 0. The molecule has 0 saturated carbocycles. The van der Waals surface area contributed by atoms with Crippen molar-refractivity contribution in [2.24, 2.45) is 0 Å². The molecule has 0 aromatic carbocycles. The molecule has 0 unspecified atom stereocenters. The Hall–Kier alpha value is -2.91. The van der Waals surface area contributed by atoms with Crippen LogP contribution in [-0.4, -0.2) is 35.7 Å². The molecule has 0 aliphatic rings. The number of H-pyrrole nitrogens is 1. The van der Waals surface area contributed by atoms with Crippen LogP contribution in [0.4, 0.5) is 0 Å². The molecular formula is C14H7ClN6O2S. The predicted molar refractivity (Wildman–Crippen MR) is 89.0 cm³/mol. The highest BCUT2D eigenvalue weighted by Crippen LogP contribution is 2.45. The van der Waals surface area contributed by atoms with E-state index in [0.29, 0.717) is 31.4 Å². The number of aromatic amines is 1. The zero-order valence-corrected chi connectivity index (χ0v) is 13.3. The van der Waals surface area contributed by atoms with E-state index < -0.39 is 5.56 Å². The first-order chi connectivity index (χ1) is 11.7. The van der Waals surface area contributed by atoms with E-state index in [0.717, 1.165) is 11.3 Å². The van der Waals surface area contributed by atoms with Gasteiger partial charge < -0.3 is 10.1 Å². The lowest BCUT2D eigenvalue weighted by Crippen LogP contribution is -2.08. The first-order valence-corrected chi connectivity index (χ1v) is 7.85. The fraction of sp³-hybridized carbons (Fsp3) is 0. The summed E-state index contributed by atoms with van der Waals surface area (Å²) < 4.78 is 0.349. The molecule has 0 atom stereocenters. The number of pyridine rings is 2. The van der Waals surface area contributed by atoms with Gasteiger partial charge in [-0.2, -0.15) is 0 Å². The maximum atomic E-state index is 12.4. The van der Waals surface area contributed by atoms with Crippen LogP contribution in [-0.2, 0) is 0 Å². The van der Waals surface area contributed by atoms with Crippen molar-refractivity contribution < 1.29 is 5.11 Å². The fourth-order valence-corrected chi connectivity index (χ4v) is 3.79. The smallest absolute Gasteiger partial charge is 0.260 e. The Balaban J connectivity index is 2.10. The minimum atomic E-state index is -0.434. The number of thiophene rings is 1. The van der Waals surface area contributed by atoms with E-state index in [4.69, 9.17) is 11.6 Å². The van der Waals surface area contributed by atoms with Gasteiger partial charge in [0.2, 0.25) is 0 Å². The molecule has 10 heteroatoms. The Kier molecular flexibility index (Phi) is 3.44. The number of nitrogens with zero attached hydrogens (tertiary/aromatic N) is 5. The van der Waals surface area contributed by atoms with Crippen molar-refractivity contribution in [3.8, 4) is 28.1 Å². The summed E-state index contributed by atoms with van der Waals surface area (Å²) in [6, 6.07) is 3.36. The van der Waals surface area contributed by atoms with E-state index in [2.05, 4.69) is 30.6 Å². The van der Waals surface area contributed by atoms with E-state index in [9.17, 15) is 9.90 Å². The van der Waals surface area contributed by atoms with Gasteiger partial charge in [-0.25, -0.2) is 0 Å². The number of halogens is 1. The number of aromatic nitrogens is 6. The van der Waals surface area contributed by atoms with Crippen LogP contribution in [0.3, 0.4) is 0 Å². The first kappa shape index (κ1) is 14.7. The third-order valence-electron chi connectivity index (χ3n) is 3.42. The highest BCUT2D eigenvalue weighted by atomic mass is 35.5. The van der Waals surface area contributed by atoms with Gasteiger partial charge in [0.15, 0.2) is 0 Å². The topological polar surface area (TPSA) is 118 Å². The second-order valence-corrected chi connectivity index (χ2v) is 6.41. The van der Waals surface area contributed by atoms with Crippen molar-refractivity contribution in [3.63, 3.8) is 0 Å². The highest BCUT2D eigenvalue weighted by Gasteiger charge is 2.23. The molecule has 0 radical (unpaired) electrons. The molecule has 0 fully saturated rings. The lowest BCUT2D eigenvalue weighted by atomic mass is 10.0. The largest absolute Gasteiger partial charge is 0.506 e. The van der Waals surface area contributed by atoms with E-state index in [1.807, 2.05) is 0 Å². The van der Waals surface area contributed by atoms with Gasteiger partial charge >= 0.3 is 0 Å². The van der Waals surface area contributed by atoms with Crippen LogP contribution in [0.2, 0.25) is 4.34 Å². The van der Waals surface area contributed by atoms with Crippen LogP contribution in [0.25, 0.3) is 32.6 Å². The normalized spacial score (nSPS) is 11.0. The molecule has 4 aromatic rings. The zero-order chi connectivity index (χ0) is 16.7. The van der Waals surface area contributed by atoms with Crippen LogP contribution in [0.1, 0.15) is 0 Å². The van der Waals surface area contributed by atoms with Gasteiger partial charge in [0.05, 0.1) is 17.1 Å². The number of rotatable bonds is 2. The molecule has 0 saturated heterocycles. The Labute approximate surface area is 142 Å². The van der Waals surface area contributed by atoms with Crippen LogP contribution < -0.4 is 5.56 Å². The average Bonchev–Trinajstić information content (AvgIpc) is 2.92. The molecule has 4 rings (SSSR count). The second kappa shape index (κ2) is 5.62. The van der Waals surface area contributed by atoms with Gasteiger partial charge in [-0.15, -0.1) is 21.5 Å². The summed E-state index contributed by atoms with van der Waals surface area (Å²) in [5, 5.41) is 25.6. The first-order valence-electron chi connectivity index (χ1n) is 6.66. The third kappa shape index (κ3) is 2.22. The minimum Gasteiger partial charge on any atom is -0.506 e. The highest BCUT2D eigenvalue weighted by molar-refractivity contribution is 7.23. The van der Waals surface area contributed by atoms with Gasteiger partial charge in [-0.05, 0) is 16.5 Å². The second-order valence-electron chi connectivity index (χ2n) is 4.78. The summed E-state index contributed by atoms with van der Waals surface area (Å²) in [5.74, 6) is -0.196. The number of aromatic hydroxyl groups is 1. The van der Waals surface area contributed by atoms with Crippen LogP contribution in [0.15, 0.2) is 35.5 Å². The number of hydrogen-bond acceptors (Lipinski definition) is 8. The average molecular weight is 359 g/mol. The van der Waals surface area contributed by atoms with Crippen LogP contribution >= 0.6 is 22.9 Å². The number of fused-ring (bicyclic) bond motifs is 1. The third-order valence-corrected chi connectivity index (χ3v) is 4.74. The SMILES string of the molecule is O=c1[nH]c2sc(Cl)c(-c3cnnnn3)c2c(O)c1-c1cccnc1. The Morgan fingerprint density at radius 1 is 1.21 bits per heavy atom. The summed E-state index contributed by atoms with van der Waals surface area (Å²) in [6.07, 6.45) is 4.46. The number of hydrogen-bond donors (Lipinski definition) is 2. The van der Waals surface area contributed by atoms with E-state index >= 15 is 0 Å². The molecule has 0 aliphatic heterocycles. The number of nitrogens with one attached hydrogen (secondary N) is 1.